The van der Waals surface area contributed by atoms with E-state index >= 15 is 0 Å². The van der Waals surface area contributed by atoms with Gasteiger partial charge in [-0.25, -0.2) is 0 Å². The van der Waals surface area contributed by atoms with Crippen LogP contribution in [-0.2, 0) is 9.63 Å². The van der Waals surface area contributed by atoms with Crippen molar-refractivity contribution in [3.63, 3.8) is 0 Å². The molecule has 0 atom stereocenters. The third kappa shape index (κ3) is 8.48. The number of thiol groups is 1. The Labute approximate surface area is 160 Å². The molecule has 1 aliphatic rings. The normalized spacial score (nSPS) is 17.7. The summed E-state index contributed by atoms with van der Waals surface area (Å²) in [6.45, 7) is 15.3. The Kier molecular flexibility index (Phi) is 8.79. The first-order valence-electron chi connectivity index (χ1n) is 9.69. The first-order chi connectivity index (χ1) is 11.5. The maximum Gasteiger partial charge on any atom is 0.222 e. The van der Waals surface area contributed by atoms with Crippen molar-refractivity contribution in [1.82, 2.24) is 4.90 Å². The molecule has 0 aromatic rings. The summed E-state index contributed by atoms with van der Waals surface area (Å²) in [6, 6.07) is 0. The lowest BCUT2D eigenvalue weighted by molar-refractivity contribution is -0.133. The second-order valence-electron chi connectivity index (χ2n) is 8.90. The van der Waals surface area contributed by atoms with Gasteiger partial charge in [-0.2, -0.15) is 12.6 Å². The van der Waals surface area contributed by atoms with Crippen molar-refractivity contribution in [2.75, 3.05) is 19.7 Å². The highest BCUT2D eigenvalue weighted by Gasteiger charge is 2.30. The van der Waals surface area contributed by atoms with Crippen LogP contribution in [0.3, 0.4) is 0 Å². The number of rotatable bonds is 8. The van der Waals surface area contributed by atoms with Crippen LogP contribution in [0, 0.1) is 11.3 Å². The van der Waals surface area contributed by atoms with Gasteiger partial charge < -0.3 is 9.74 Å². The van der Waals surface area contributed by atoms with E-state index in [1.54, 1.807) is 0 Å². The first kappa shape index (κ1) is 22.3. The van der Waals surface area contributed by atoms with Crippen LogP contribution < -0.4 is 0 Å². The van der Waals surface area contributed by atoms with Crippen LogP contribution in [-0.4, -0.2) is 41.0 Å². The van der Waals surface area contributed by atoms with Crippen LogP contribution in [0.15, 0.2) is 5.16 Å². The standard InChI is InChI=1S/C20H38N2O2S/c1-16(20(5,6)25)21-24-15-9-7-8-10-18(23)22-13-11-17(12-14-22)19(2,3)4/h17,25H,7-15H2,1-6H3/b21-16+. The maximum atomic E-state index is 12.3. The molecule has 1 rings (SSSR count). The molecule has 1 saturated heterocycles. The summed E-state index contributed by atoms with van der Waals surface area (Å²) >= 11 is 4.45. The number of hydrogen-bond donors (Lipinski definition) is 1. The summed E-state index contributed by atoms with van der Waals surface area (Å²) in [5.41, 5.74) is 1.24. The number of unbranched alkanes of at least 4 members (excludes halogenated alkanes) is 2. The van der Waals surface area contributed by atoms with E-state index in [-0.39, 0.29) is 4.75 Å². The van der Waals surface area contributed by atoms with Gasteiger partial charge in [-0.3, -0.25) is 4.79 Å². The molecule has 0 aromatic carbocycles. The molecule has 25 heavy (non-hydrogen) atoms. The van der Waals surface area contributed by atoms with Crippen molar-refractivity contribution in [2.24, 2.45) is 16.5 Å². The van der Waals surface area contributed by atoms with Gasteiger partial charge in [0.15, 0.2) is 0 Å². The molecule has 1 heterocycles. The number of carbonyl (C=O) groups is 1. The second kappa shape index (κ2) is 9.84. The minimum Gasteiger partial charge on any atom is -0.396 e. The van der Waals surface area contributed by atoms with Gasteiger partial charge in [0.2, 0.25) is 5.91 Å². The van der Waals surface area contributed by atoms with Crippen LogP contribution in [0.1, 0.15) is 80.1 Å². The van der Waals surface area contributed by atoms with Crippen LogP contribution in [0.5, 0.6) is 0 Å². The summed E-state index contributed by atoms with van der Waals surface area (Å²) in [4.78, 5) is 19.7. The summed E-state index contributed by atoms with van der Waals surface area (Å²) in [7, 11) is 0. The van der Waals surface area contributed by atoms with Crippen molar-refractivity contribution in [1.29, 1.82) is 0 Å². The number of carbonyl (C=O) groups excluding carboxylic acids is 1. The summed E-state index contributed by atoms with van der Waals surface area (Å²) in [5.74, 6) is 1.05. The van der Waals surface area contributed by atoms with Gasteiger partial charge in [0, 0.05) is 24.3 Å². The van der Waals surface area contributed by atoms with Gasteiger partial charge in [-0.05, 0) is 64.2 Å². The molecule has 5 heteroatoms. The lowest BCUT2D eigenvalue weighted by Crippen LogP contribution is -2.41. The summed E-state index contributed by atoms with van der Waals surface area (Å²) in [5, 5.41) is 4.09. The average Bonchev–Trinajstić information content (AvgIpc) is 2.51. The van der Waals surface area contributed by atoms with Crippen molar-refractivity contribution in [3.8, 4) is 0 Å². The molecule has 0 aliphatic carbocycles. The predicted octanol–water partition coefficient (Wildman–Crippen LogP) is 4.93. The molecule has 1 aliphatic heterocycles. The zero-order valence-electron chi connectivity index (χ0n) is 17.1. The topological polar surface area (TPSA) is 41.9 Å². The Hall–Kier alpha value is -0.710. The second-order valence-corrected chi connectivity index (χ2v) is 10.0. The van der Waals surface area contributed by atoms with E-state index in [2.05, 4.69) is 43.5 Å². The van der Waals surface area contributed by atoms with Gasteiger partial charge in [0.05, 0.1) is 5.71 Å². The maximum absolute atomic E-state index is 12.3. The molecule has 0 bridgehead atoms. The fourth-order valence-corrected chi connectivity index (χ4v) is 3.07. The van der Waals surface area contributed by atoms with Crippen molar-refractivity contribution < 1.29 is 9.63 Å². The molecule has 0 radical (unpaired) electrons. The van der Waals surface area contributed by atoms with Crippen LogP contribution in [0.25, 0.3) is 0 Å². The molecule has 0 aromatic heterocycles. The minimum absolute atomic E-state index is 0.243. The number of nitrogens with zero attached hydrogens (tertiary/aromatic N) is 2. The van der Waals surface area contributed by atoms with Crippen molar-refractivity contribution in [3.05, 3.63) is 0 Å². The molecule has 146 valence electrons. The van der Waals surface area contributed by atoms with E-state index < -0.39 is 0 Å². The third-order valence-electron chi connectivity index (χ3n) is 5.29. The highest BCUT2D eigenvalue weighted by molar-refractivity contribution is 7.82. The van der Waals surface area contributed by atoms with E-state index in [1.165, 1.54) is 0 Å². The molecule has 4 nitrogen and oxygen atoms in total. The fourth-order valence-electron chi connectivity index (χ4n) is 3.03. The van der Waals surface area contributed by atoms with Gasteiger partial charge >= 0.3 is 0 Å². The van der Waals surface area contributed by atoms with E-state index in [9.17, 15) is 4.79 Å². The Bertz CT molecular complexity index is 442. The summed E-state index contributed by atoms with van der Waals surface area (Å²) in [6.07, 6.45) is 5.81. The van der Waals surface area contributed by atoms with E-state index in [1.807, 2.05) is 20.8 Å². The fraction of sp³-hybridized carbons (Fsp3) is 0.900. The Morgan fingerprint density at radius 3 is 2.24 bits per heavy atom. The van der Waals surface area contributed by atoms with Crippen LogP contribution in [0.4, 0.5) is 0 Å². The number of oxime groups is 1. The molecular formula is C20H38N2O2S. The Morgan fingerprint density at radius 2 is 1.72 bits per heavy atom. The third-order valence-corrected chi connectivity index (χ3v) is 5.61. The van der Waals surface area contributed by atoms with E-state index in [0.717, 1.165) is 56.8 Å². The number of amides is 1. The highest BCUT2D eigenvalue weighted by Crippen LogP contribution is 2.34. The molecule has 0 spiro atoms. The first-order valence-corrected chi connectivity index (χ1v) is 10.1. The van der Waals surface area contributed by atoms with Crippen molar-refractivity contribution in [2.45, 2.75) is 84.8 Å². The highest BCUT2D eigenvalue weighted by atomic mass is 32.1. The lowest BCUT2D eigenvalue weighted by Gasteiger charge is -2.38. The minimum atomic E-state index is -0.243. The Morgan fingerprint density at radius 1 is 1.12 bits per heavy atom. The number of likely N-dealkylation sites (tertiary alicyclic amines) is 1. The smallest absolute Gasteiger partial charge is 0.222 e. The van der Waals surface area contributed by atoms with Gasteiger partial charge in [0.25, 0.3) is 0 Å². The van der Waals surface area contributed by atoms with Crippen molar-refractivity contribution >= 4 is 24.2 Å². The molecule has 0 unspecified atom stereocenters. The summed E-state index contributed by atoms with van der Waals surface area (Å²) < 4.78 is -0.243. The van der Waals surface area contributed by atoms with E-state index in [0.29, 0.717) is 24.3 Å². The zero-order chi connectivity index (χ0) is 19.1. The molecule has 1 fully saturated rings. The molecule has 0 N–H and O–H groups in total. The zero-order valence-corrected chi connectivity index (χ0v) is 18.0. The van der Waals surface area contributed by atoms with Crippen LogP contribution >= 0.6 is 12.6 Å². The molecular weight excluding hydrogens is 332 g/mol. The number of hydrogen-bond acceptors (Lipinski definition) is 4. The Balaban J connectivity index is 2.12. The largest absolute Gasteiger partial charge is 0.396 e. The number of piperidine rings is 1. The monoisotopic (exact) mass is 370 g/mol. The van der Waals surface area contributed by atoms with Gasteiger partial charge in [-0.1, -0.05) is 25.9 Å². The predicted molar refractivity (Wildman–Crippen MR) is 109 cm³/mol. The van der Waals surface area contributed by atoms with Gasteiger partial charge in [0.1, 0.15) is 6.61 Å². The van der Waals surface area contributed by atoms with Crippen LogP contribution in [0.2, 0.25) is 0 Å². The molecule has 1 amide bonds. The average molecular weight is 371 g/mol. The van der Waals surface area contributed by atoms with E-state index in [4.69, 9.17) is 4.84 Å². The van der Waals surface area contributed by atoms with Gasteiger partial charge in [-0.15, -0.1) is 0 Å². The SMILES string of the molecule is C/C(=N\OCCCCCC(=O)N1CCC(C(C)(C)C)CC1)C(C)(C)S. The quantitative estimate of drug-likeness (QED) is 0.285. The molecule has 0 saturated carbocycles. The lowest BCUT2D eigenvalue weighted by atomic mass is 9.75.